The molecule has 0 radical (unpaired) electrons. The molecule has 0 saturated carbocycles. The van der Waals surface area contributed by atoms with Crippen molar-refractivity contribution in [2.45, 2.75) is 6.54 Å². The molecule has 4 rings (SSSR count). The van der Waals surface area contributed by atoms with Crippen molar-refractivity contribution < 1.29 is 9.21 Å². The van der Waals surface area contributed by atoms with E-state index in [-0.39, 0.29) is 5.91 Å². The Morgan fingerprint density at radius 1 is 1.08 bits per heavy atom. The molecule has 0 fully saturated rings. The van der Waals surface area contributed by atoms with Gasteiger partial charge in [0.25, 0.3) is 0 Å². The van der Waals surface area contributed by atoms with Crippen LogP contribution in [0.1, 0.15) is 10.9 Å². The summed E-state index contributed by atoms with van der Waals surface area (Å²) in [5.74, 6) is 0.197. The number of carbonyl (C=O) groups excluding carboxylic acids is 1. The summed E-state index contributed by atoms with van der Waals surface area (Å²) in [7, 11) is 0. The van der Waals surface area contributed by atoms with E-state index in [1.54, 1.807) is 17.4 Å². The van der Waals surface area contributed by atoms with Crippen molar-refractivity contribution in [2.24, 2.45) is 0 Å². The van der Waals surface area contributed by atoms with Crippen LogP contribution in [0.2, 0.25) is 0 Å². The molecule has 0 unspecified atom stereocenters. The molecule has 0 aliphatic carbocycles. The number of amides is 1. The molecule has 1 amide bonds. The van der Waals surface area contributed by atoms with Crippen molar-refractivity contribution in [3.63, 3.8) is 0 Å². The van der Waals surface area contributed by atoms with Crippen molar-refractivity contribution in [1.29, 1.82) is 0 Å². The highest BCUT2D eigenvalue weighted by atomic mass is 32.1. The van der Waals surface area contributed by atoms with Gasteiger partial charge in [-0.15, -0.1) is 11.3 Å². The van der Waals surface area contributed by atoms with E-state index >= 15 is 0 Å². The van der Waals surface area contributed by atoms with Crippen molar-refractivity contribution in [3.05, 3.63) is 65.5 Å². The van der Waals surface area contributed by atoms with Crippen LogP contribution in [0, 0.1) is 0 Å². The zero-order valence-corrected chi connectivity index (χ0v) is 13.4. The number of oxazole rings is 1. The lowest BCUT2D eigenvalue weighted by Crippen LogP contribution is -2.20. The van der Waals surface area contributed by atoms with Crippen LogP contribution in [-0.2, 0) is 11.3 Å². The number of thiazole rings is 1. The fourth-order valence-corrected chi connectivity index (χ4v) is 3.23. The van der Waals surface area contributed by atoms with Gasteiger partial charge in [-0.25, -0.2) is 9.97 Å². The highest BCUT2D eigenvalue weighted by Gasteiger charge is 2.05. The number of nitrogens with one attached hydrogen (secondary N) is 1. The van der Waals surface area contributed by atoms with E-state index in [0.717, 1.165) is 20.7 Å². The number of rotatable bonds is 4. The van der Waals surface area contributed by atoms with Gasteiger partial charge < -0.3 is 9.73 Å². The quantitative estimate of drug-likeness (QED) is 0.577. The normalized spacial score (nSPS) is 11.5. The van der Waals surface area contributed by atoms with E-state index in [2.05, 4.69) is 15.3 Å². The Hall–Kier alpha value is -2.99. The molecule has 5 nitrogen and oxygen atoms in total. The minimum absolute atomic E-state index is 0.212. The van der Waals surface area contributed by atoms with Gasteiger partial charge in [0, 0.05) is 12.2 Å². The Balaban J connectivity index is 1.40. The molecule has 0 saturated heterocycles. The SMILES string of the molecule is O=C(/C=C/c1nc2ccccc2o1)NCc1nc2ccccc2s1. The smallest absolute Gasteiger partial charge is 0.244 e. The van der Waals surface area contributed by atoms with E-state index in [4.69, 9.17) is 4.42 Å². The Morgan fingerprint density at radius 3 is 2.71 bits per heavy atom. The first kappa shape index (κ1) is 14.6. The molecule has 2 heterocycles. The van der Waals surface area contributed by atoms with Crippen LogP contribution in [0.4, 0.5) is 0 Å². The Morgan fingerprint density at radius 2 is 1.88 bits per heavy atom. The standard InChI is InChI=1S/C18H13N3O2S/c22-16(9-10-17-20-12-5-1-3-7-14(12)23-17)19-11-18-21-13-6-2-4-8-15(13)24-18/h1-10H,11H2,(H,19,22)/b10-9+. The molecule has 6 heteroatoms. The minimum atomic E-state index is -0.212. The molecule has 0 spiro atoms. The molecular weight excluding hydrogens is 322 g/mol. The Bertz CT molecular complexity index is 982. The van der Waals surface area contributed by atoms with E-state index in [9.17, 15) is 4.79 Å². The maximum absolute atomic E-state index is 11.9. The van der Waals surface area contributed by atoms with Crippen LogP contribution in [0.25, 0.3) is 27.4 Å². The summed E-state index contributed by atoms with van der Waals surface area (Å²) in [6, 6.07) is 15.4. The summed E-state index contributed by atoms with van der Waals surface area (Å²) in [6.45, 7) is 0.399. The van der Waals surface area contributed by atoms with Gasteiger partial charge in [-0.05, 0) is 24.3 Å². The molecule has 4 aromatic rings. The second kappa shape index (κ2) is 6.25. The van der Waals surface area contributed by atoms with E-state index in [1.807, 2.05) is 48.5 Å². The van der Waals surface area contributed by atoms with Crippen LogP contribution in [-0.4, -0.2) is 15.9 Å². The van der Waals surface area contributed by atoms with E-state index < -0.39 is 0 Å². The molecule has 2 aromatic heterocycles. The average Bonchev–Trinajstić information content (AvgIpc) is 3.21. The van der Waals surface area contributed by atoms with E-state index in [0.29, 0.717) is 18.0 Å². The largest absolute Gasteiger partial charge is 0.437 e. The van der Waals surface area contributed by atoms with Gasteiger partial charge in [0.2, 0.25) is 11.8 Å². The lowest BCUT2D eigenvalue weighted by atomic mass is 10.3. The summed E-state index contributed by atoms with van der Waals surface area (Å²) < 4.78 is 6.65. The van der Waals surface area contributed by atoms with Gasteiger partial charge in [0.15, 0.2) is 5.58 Å². The molecule has 0 atom stereocenters. The molecule has 0 aliphatic heterocycles. The predicted molar refractivity (Wildman–Crippen MR) is 94.5 cm³/mol. The van der Waals surface area contributed by atoms with Crippen LogP contribution < -0.4 is 5.32 Å². The minimum Gasteiger partial charge on any atom is -0.437 e. The fraction of sp³-hybridized carbons (Fsp3) is 0.0556. The number of nitrogens with zero attached hydrogens (tertiary/aromatic N) is 2. The van der Waals surface area contributed by atoms with Gasteiger partial charge in [0.05, 0.1) is 16.8 Å². The van der Waals surface area contributed by atoms with Crippen LogP contribution in [0.15, 0.2) is 59.0 Å². The number of hydrogen-bond acceptors (Lipinski definition) is 5. The Labute approximate surface area is 141 Å². The topological polar surface area (TPSA) is 68.0 Å². The van der Waals surface area contributed by atoms with Crippen molar-refractivity contribution in [3.8, 4) is 0 Å². The number of fused-ring (bicyclic) bond motifs is 2. The van der Waals surface area contributed by atoms with Gasteiger partial charge >= 0.3 is 0 Å². The van der Waals surface area contributed by atoms with Gasteiger partial charge in [0.1, 0.15) is 10.5 Å². The summed E-state index contributed by atoms with van der Waals surface area (Å²) in [4.78, 5) is 20.7. The van der Waals surface area contributed by atoms with Gasteiger partial charge in [-0.3, -0.25) is 4.79 Å². The first-order chi connectivity index (χ1) is 11.8. The summed E-state index contributed by atoms with van der Waals surface area (Å²) >= 11 is 1.58. The molecular formula is C18H13N3O2S. The first-order valence-corrected chi connectivity index (χ1v) is 8.25. The molecule has 0 bridgehead atoms. The number of carbonyl (C=O) groups is 1. The molecule has 0 aliphatic rings. The molecule has 1 N–H and O–H groups in total. The lowest BCUT2D eigenvalue weighted by Gasteiger charge is -1.97. The Kier molecular flexibility index (Phi) is 3.80. The molecule has 2 aromatic carbocycles. The average molecular weight is 335 g/mol. The van der Waals surface area contributed by atoms with Crippen molar-refractivity contribution in [2.75, 3.05) is 0 Å². The number of hydrogen-bond donors (Lipinski definition) is 1. The number of aromatic nitrogens is 2. The van der Waals surface area contributed by atoms with Crippen molar-refractivity contribution in [1.82, 2.24) is 15.3 Å². The van der Waals surface area contributed by atoms with Crippen molar-refractivity contribution >= 4 is 44.6 Å². The number of benzene rings is 2. The highest BCUT2D eigenvalue weighted by molar-refractivity contribution is 7.18. The zero-order chi connectivity index (χ0) is 16.4. The first-order valence-electron chi connectivity index (χ1n) is 7.44. The molecule has 24 heavy (non-hydrogen) atoms. The maximum Gasteiger partial charge on any atom is 0.244 e. The summed E-state index contributed by atoms with van der Waals surface area (Å²) in [5, 5.41) is 3.69. The summed E-state index contributed by atoms with van der Waals surface area (Å²) in [5.41, 5.74) is 2.42. The predicted octanol–water partition coefficient (Wildman–Crippen LogP) is 3.77. The maximum atomic E-state index is 11.9. The monoisotopic (exact) mass is 335 g/mol. The van der Waals surface area contributed by atoms with Gasteiger partial charge in [-0.1, -0.05) is 24.3 Å². The summed E-state index contributed by atoms with van der Waals surface area (Å²) in [6.07, 6.45) is 2.98. The second-order valence-corrected chi connectivity index (χ2v) is 6.26. The van der Waals surface area contributed by atoms with Gasteiger partial charge in [-0.2, -0.15) is 0 Å². The fourth-order valence-electron chi connectivity index (χ4n) is 2.33. The van der Waals surface area contributed by atoms with Crippen LogP contribution in [0.5, 0.6) is 0 Å². The third kappa shape index (κ3) is 3.04. The number of para-hydroxylation sites is 3. The van der Waals surface area contributed by atoms with Crippen LogP contribution in [0.3, 0.4) is 0 Å². The van der Waals surface area contributed by atoms with Crippen LogP contribution >= 0.6 is 11.3 Å². The second-order valence-electron chi connectivity index (χ2n) is 5.15. The molecule has 118 valence electrons. The highest BCUT2D eigenvalue weighted by Crippen LogP contribution is 2.21. The third-order valence-electron chi connectivity index (χ3n) is 3.44. The zero-order valence-electron chi connectivity index (χ0n) is 12.6. The third-order valence-corrected chi connectivity index (χ3v) is 4.48. The lowest BCUT2D eigenvalue weighted by molar-refractivity contribution is -0.116. The van der Waals surface area contributed by atoms with E-state index in [1.165, 1.54) is 6.08 Å².